The van der Waals surface area contributed by atoms with Crippen LogP contribution in [0, 0.1) is 6.92 Å². The lowest BCUT2D eigenvalue weighted by atomic mass is 10.1. The molecule has 8 nitrogen and oxygen atoms in total. The quantitative estimate of drug-likeness (QED) is 0.247. The average Bonchev–Trinajstić information content (AvgIpc) is 3.50. The van der Waals surface area contributed by atoms with Crippen LogP contribution in [0.25, 0.3) is 0 Å². The van der Waals surface area contributed by atoms with Crippen LogP contribution in [-0.2, 0) is 26.2 Å². The number of hydrogen-bond donors (Lipinski definition) is 1. The van der Waals surface area contributed by atoms with Gasteiger partial charge in [0.05, 0.1) is 27.7 Å². The van der Waals surface area contributed by atoms with Gasteiger partial charge in [-0.15, -0.1) is 0 Å². The van der Waals surface area contributed by atoms with Crippen LogP contribution in [0.2, 0.25) is 10.0 Å². The fraction of sp³-hybridized carbons (Fsp3) is 0.375. The van der Waals surface area contributed by atoms with Crippen LogP contribution in [0.15, 0.2) is 71.6 Å². The van der Waals surface area contributed by atoms with E-state index >= 15 is 0 Å². The molecule has 1 N–H and O–H groups in total. The molecule has 1 saturated carbocycles. The van der Waals surface area contributed by atoms with E-state index in [0.29, 0.717) is 12.2 Å². The van der Waals surface area contributed by atoms with Crippen LogP contribution in [0.1, 0.15) is 50.2 Å². The Bertz CT molecular complexity index is 1540. The molecule has 0 aromatic heterocycles. The second-order valence-electron chi connectivity index (χ2n) is 10.7. The first-order valence-corrected chi connectivity index (χ1v) is 16.5. The molecule has 1 aliphatic rings. The molecule has 43 heavy (non-hydrogen) atoms. The zero-order chi connectivity index (χ0) is 31.1. The second-order valence-corrected chi connectivity index (χ2v) is 13.3. The molecule has 0 saturated heterocycles. The summed E-state index contributed by atoms with van der Waals surface area (Å²) < 4.78 is 34.5. The van der Waals surface area contributed by atoms with Crippen LogP contribution < -0.4 is 14.4 Å². The lowest BCUT2D eigenvalue weighted by Gasteiger charge is -2.34. The lowest BCUT2D eigenvalue weighted by Crippen LogP contribution is -2.53. The molecule has 11 heteroatoms. The molecule has 3 aromatic rings. The summed E-state index contributed by atoms with van der Waals surface area (Å²) in [6.45, 7) is 3.14. The summed E-state index contributed by atoms with van der Waals surface area (Å²) in [6, 6.07) is 17.4. The number of aryl methyl sites for hydroxylation is 1. The van der Waals surface area contributed by atoms with Gasteiger partial charge in [0.1, 0.15) is 18.3 Å². The first kappa shape index (κ1) is 32.6. The van der Waals surface area contributed by atoms with E-state index in [4.69, 9.17) is 27.9 Å². The number of sulfonamides is 1. The maximum absolute atomic E-state index is 14.3. The fourth-order valence-electron chi connectivity index (χ4n) is 5.29. The number of hydrogen-bond acceptors (Lipinski definition) is 5. The number of carbonyl (C=O) groups excluding carboxylic acids is 2. The normalized spacial score (nSPS) is 14.3. The second kappa shape index (κ2) is 14.5. The third kappa shape index (κ3) is 7.82. The minimum atomic E-state index is -4.27. The predicted molar refractivity (Wildman–Crippen MR) is 170 cm³/mol. The van der Waals surface area contributed by atoms with Gasteiger partial charge >= 0.3 is 0 Å². The van der Waals surface area contributed by atoms with Crippen LogP contribution in [0.3, 0.4) is 0 Å². The molecular formula is C32H37Cl2N3O5S. The molecule has 4 rings (SSSR count). The SMILES string of the molecule is CC[C@H](C(=O)NC1CCCC1)N(Cc1cccc(OC)c1)C(=O)CN(c1cccc(Cl)c1Cl)S(=O)(=O)c1ccc(C)cc1. The van der Waals surface area contributed by atoms with E-state index in [0.717, 1.165) is 41.1 Å². The number of rotatable bonds is 12. The highest BCUT2D eigenvalue weighted by atomic mass is 35.5. The third-order valence-corrected chi connectivity index (χ3v) is 10.2. The number of anilines is 1. The van der Waals surface area contributed by atoms with Crippen molar-refractivity contribution >= 4 is 50.7 Å². The van der Waals surface area contributed by atoms with Gasteiger partial charge in [0.25, 0.3) is 10.0 Å². The van der Waals surface area contributed by atoms with Crippen LogP contribution in [-0.4, -0.2) is 50.9 Å². The van der Waals surface area contributed by atoms with Crippen LogP contribution in [0.4, 0.5) is 5.69 Å². The van der Waals surface area contributed by atoms with Gasteiger partial charge in [-0.3, -0.25) is 13.9 Å². The lowest BCUT2D eigenvalue weighted by molar-refractivity contribution is -0.140. The molecule has 0 radical (unpaired) electrons. The van der Waals surface area contributed by atoms with Gasteiger partial charge in [-0.2, -0.15) is 0 Å². The summed E-state index contributed by atoms with van der Waals surface area (Å²) in [5, 5.41) is 3.25. The Morgan fingerprint density at radius 2 is 1.70 bits per heavy atom. The molecule has 0 unspecified atom stereocenters. The van der Waals surface area contributed by atoms with Gasteiger partial charge in [-0.25, -0.2) is 8.42 Å². The Kier molecular flexibility index (Phi) is 11.0. The summed E-state index contributed by atoms with van der Waals surface area (Å²) in [5.74, 6) is -0.231. The molecular weight excluding hydrogens is 609 g/mol. The highest BCUT2D eigenvalue weighted by Gasteiger charge is 2.35. The van der Waals surface area contributed by atoms with E-state index in [-0.39, 0.29) is 39.1 Å². The molecule has 0 spiro atoms. The monoisotopic (exact) mass is 645 g/mol. The first-order valence-electron chi connectivity index (χ1n) is 14.3. The molecule has 1 fully saturated rings. The van der Waals surface area contributed by atoms with Crippen LogP contribution in [0.5, 0.6) is 5.75 Å². The van der Waals surface area contributed by atoms with E-state index in [1.807, 2.05) is 19.9 Å². The van der Waals surface area contributed by atoms with E-state index in [9.17, 15) is 18.0 Å². The molecule has 0 aliphatic heterocycles. The summed E-state index contributed by atoms with van der Waals surface area (Å²) in [5.41, 5.74) is 1.67. The molecule has 1 aliphatic carbocycles. The van der Waals surface area contributed by atoms with Gasteiger partial charge in [-0.05, 0) is 68.1 Å². The number of carbonyl (C=O) groups is 2. The van der Waals surface area contributed by atoms with E-state index < -0.39 is 28.5 Å². The number of methoxy groups -OCH3 is 1. The molecule has 230 valence electrons. The molecule has 3 aromatic carbocycles. The average molecular weight is 647 g/mol. The number of amides is 2. The summed E-state index contributed by atoms with van der Waals surface area (Å²) in [6.07, 6.45) is 4.20. The van der Waals surface area contributed by atoms with Crippen molar-refractivity contribution in [1.29, 1.82) is 0 Å². The van der Waals surface area contributed by atoms with Crippen molar-refractivity contribution in [1.82, 2.24) is 10.2 Å². The van der Waals surface area contributed by atoms with Gasteiger partial charge in [-0.1, -0.05) is 78.9 Å². The number of nitrogens with one attached hydrogen (secondary N) is 1. The van der Waals surface area contributed by atoms with Crippen molar-refractivity contribution in [3.8, 4) is 5.75 Å². The molecule has 0 heterocycles. The maximum Gasteiger partial charge on any atom is 0.264 e. The summed E-state index contributed by atoms with van der Waals surface area (Å²) >= 11 is 12.8. The van der Waals surface area contributed by atoms with Crippen molar-refractivity contribution < 1.29 is 22.7 Å². The van der Waals surface area contributed by atoms with Crippen molar-refractivity contribution in [2.45, 2.75) is 69.5 Å². The number of nitrogens with zero attached hydrogens (tertiary/aromatic N) is 2. The Morgan fingerprint density at radius 1 is 1.02 bits per heavy atom. The molecule has 0 bridgehead atoms. The van der Waals surface area contributed by atoms with E-state index in [1.165, 1.54) is 23.1 Å². The minimum absolute atomic E-state index is 0.00184. The molecule has 2 amide bonds. The van der Waals surface area contributed by atoms with Gasteiger partial charge in [0.2, 0.25) is 11.8 Å². The smallest absolute Gasteiger partial charge is 0.264 e. The van der Waals surface area contributed by atoms with Gasteiger partial charge in [0, 0.05) is 12.6 Å². The van der Waals surface area contributed by atoms with Crippen LogP contribution >= 0.6 is 23.2 Å². The fourth-order valence-corrected chi connectivity index (χ4v) is 7.16. The highest BCUT2D eigenvalue weighted by Crippen LogP contribution is 2.36. The Labute approximate surface area is 264 Å². The zero-order valence-corrected chi connectivity index (χ0v) is 26.9. The Hall–Kier alpha value is -3.27. The number of benzene rings is 3. The Balaban J connectivity index is 1.75. The summed E-state index contributed by atoms with van der Waals surface area (Å²) in [4.78, 5) is 29.3. The maximum atomic E-state index is 14.3. The Morgan fingerprint density at radius 3 is 2.35 bits per heavy atom. The largest absolute Gasteiger partial charge is 0.497 e. The predicted octanol–water partition coefficient (Wildman–Crippen LogP) is 6.37. The van der Waals surface area contributed by atoms with Gasteiger partial charge < -0.3 is 15.0 Å². The topological polar surface area (TPSA) is 96.0 Å². The number of halogens is 2. The van der Waals surface area contributed by atoms with E-state index in [2.05, 4.69) is 5.32 Å². The standard InChI is InChI=1S/C32H37Cl2N3O5S/c1-4-28(32(39)35-24-10-5-6-11-24)36(20-23-9-7-12-25(19-23)42-3)30(38)21-37(29-14-8-13-27(33)31(29)34)43(40,41)26-17-15-22(2)16-18-26/h7-9,12-19,24,28H,4-6,10-11,20-21H2,1-3H3,(H,35,39)/t28-/m1/s1. The van der Waals surface area contributed by atoms with Crippen molar-refractivity contribution in [2.24, 2.45) is 0 Å². The third-order valence-electron chi connectivity index (χ3n) is 7.66. The van der Waals surface area contributed by atoms with Crippen molar-refractivity contribution in [3.63, 3.8) is 0 Å². The number of ether oxygens (including phenoxy) is 1. The molecule has 1 atom stereocenters. The van der Waals surface area contributed by atoms with Crippen molar-refractivity contribution in [3.05, 3.63) is 87.9 Å². The van der Waals surface area contributed by atoms with Crippen molar-refractivity contribution in [2.75, 3.05) is 18.0 Å². The zero-order valence-electron chi connectivity index (χ0n) is 24.6. The first-order chi connectivity index (χ1) is 20.5. The summed E-state index contributed by atoms with van der Waals surface area (Å²) in [7, 11) is -2.72. The minimum Gasteiger partial charge on any atom is -0.497 e. The highest BCUT2D eigenvalue weighted by molar-refractivity contribution is 7.92. The van der Waals surface area contributed by atoms with E-state index in [1.54, 1.807) is 49.6 Å². The van der Waals surface area contributed by atoms with Gasteiger partial charge in [0.15, 0.2) is 0 Å².